The zero-order chi connectivity index (χ0) is 20.1. The van der Waals surface area contributed by atoms with Crippen molar-refractivity contribution in [2.45, 2.75) is 32.4 Å². The molecule has 6 heteroatoms. The zero-order valence-electron chi connectivity index (χ0n) is 16.8. The summed E-state index contributed by atoms with van der Waals surface area (Å²) in [7, 11) is 0. The highest BCUT2D eigenvalue weighted by Crippen LogP contribution is 2.26. The third-order valence-electron chi connectivity index (χ3n) is 5.68. The summed E-state index contributed by atoms with van der Waals surface area (Å²) < 4.78 is 7.65. The summed E-state index contributed by atoms with van der Waals surface area (Å²) in [6.07, 6.45) is 7.72. The molecule has 152 valence electrons. The van der Waals surface area contributed by atoms with Crippen LogP contribution >= 0.6 is 0 Å². The molecular weight excluding hydrogens is 364 g/mol. The zero-order valence-corrected chi connectivity index (χ0v) is 16.8. The van der Waals surface area contributed by atoms with Crippen LogP contribution in [0.15, 0.2) is 65.6 Å². The number of furan rings is 1. The Morgan fingerprint density at radius 2 is 2.00 bits per heavy atom. The number of likely N-dealkylation sites (tertiary alicyclic amines) is 1. The van der Waals surface area contributed by atoms with Gasteiger partial charge in [-0.25, -0.2) is 4.98 Å². The van der Waals surface area contributed by atoms with Gasteiger partial charge in [0, 0.05) is 18.9 Å². The predicted molar refractivity (Wildman–Crippen MR) is 112 cm³/mol. The van der Waals surface area contributed by atoms with Gasteiger partial charge in [-0.3, -0.25) is 9.69 Å². The quantitative estimate of drug-likeness (QED) is 0.666. The van der Waals surface area contributed by atoms with Crippen LogP contribution in [-0.2, 0) is 6.54 Å². The van der Waals surface area contributed by atoms with Gasteiger partial charge in [-0.2, -0.15) is 0 Å². The van der Waals surface area contributed by atoms with E-state index in [1.165, 1.54) is 18.4 Å². The molecular formula is C23H28N4O2. The van der Waals surface area contributed by atoms with Gasteiger partial charge in [-0.15, -0.1) is 0 Å². The van der Waals surface area contributed by atoms with Gasteiger partial charge in [0.15, 0.2) is 5.76 Å². The molecule has 4 rings (SSSR count). The maximum atomic E-state index is 12.7. The fraction of sp³-hybridized carbons (Fsp3) is 0.391. The fourth-order valence-electron chi connectivity index (χ4n) is 3.89. The molecule has 1 aliphatic heterocycles. The van der Waals surface area contributed by atoms with E-state index in [-0.39, 0.29) is 11.9 Å². The molecule has 0 saturated carbocycles. The van der Waals surface area contributed by atoms with Crippen LogP contribution in [0, 0.1) is 5.92 Å². The maximum Gasteiger partial charge on any atom is 0.287 e. The van der Waals surface area contributed by atoms with Crippen LogP contribution in [-0.4, -0.2) is 40.0 Å². The number of carbonyl (C=O) groups is 1. The normalized spacial score (nSPS) is 16.6. The minimum absolute atomic E-state index is 0.173. The molecule has 29 heavy (non-hydrogen) atoms. The second-order valence-electron chi connectivity index (χ2n) is 7.86. The molecule has 1 atom stereocenters. The first-order valence-corrected chi connectivity index (χ1v) is 10.3. The summed E-state index contributed by atoms with van der Waals surface area (Å²) >= 11 is 0. The number of hydrogen-bond acceptors (Lipinski definition) is 4. The van der Waals surface area contributed by atoms with Crippen LogP contribution in [0.5, 0.6) is 0 Å². The van der Waals surface area contributed by atoms with E-state index in [1.807, 2.05) is 22.9 Å². The van der Waals surface area contributed by atoms with Crippen LogP contribution in [0.1, 0.15) is 47.7 Å². The molecule has 0 bridgehead atoms. The first kappa shape index (κ1) is 19.5. The number of nitrogens with zero attached hydrogens (tertiary/aromatic N) is 3. The van der Waals surface area contributed by atoms with Gasteiger partial charge in [0.1, 0.15) is 5.76 Å². The first-order valence-electron chi connectivity index (χ1n) is 10.3. The third-order valence-corrected chi connectivity index (χ3v) is 5.68. The molecule has 3 heterocycles. The molecule has 1 fully saturated rings. The van der Waals surface area contributed by atoms with Crippen molar-refractivity contribution in [2.24, 2.45) is 5.92 Å². The van der Waals surface area contributed by atoms with Gasteiger partial charge in [0.2, 0.25) is 0 Å². The second kappa shape index (κ2) is 9.09. The van der Waals surface area contributed by atoms with Crippen molar-refractivity contribution < 1.29 is 9.21 Å². The predicted octanol–water partition coefficient (Wildman–Crippen LogP) is 3.73. The van der Waals surface area contributed by atoms with E-state index >= 15 is 0 Å². The number of amides is 1. The van der Waals surface area contributed by atoms with Crippen molar-refractivity contribution in [3.05, 3.63) is 78.3 Å². The summed E-state index contributed by atoms with van der Waals surface area (Å²) in [5.74, 6) is 1.68. The van der Waals surface area contributed by atoms with Crippen molar-refractivity contribution >= 4 is 5.91 Å². The van der Waals surface area contributed by atoms with Gasteiger partial charge < -0.3 is 14.3 Å². The van der Waals surface area contributed by atoms with Crippen molar-refractivity contribution in [3.63, 3.8) is 0 Å². The molecule has 6 nitrogen and oxygen atoms in total. The van der Waals surface area contributed by atoms with Crippen molar-refractivity contribution in [3.8, 4) is 0 Å². The lowest BCUT2D eigenvalue weighted by Gasteiger charge is -2.37. The number of nitrogens with one attached hydrogen (secondary N) is 1. The summed E-state index contributed by atoms with van der Waals surface area (Å²) in [6, 6.07) is 14.2. The highest BCUT2D eigenvalue weighted by molar-refractivity contribution is 5.91. The van der Waals surface area contributed by atoms with E-state index in [2.05, 4.69) is 46.4 Å². The Morgan fingerprint density at radius 3 is 2.72 bits per heavy atom. The number of carbonyl (C=O) groups excluding carboxylic acids is 1. The molecule has 2 aromatic heterocycles. The van der Waals surface area contributed by atoms with E-state index < -0.39 is 0 Å². The van der Waals surface area contributed by atoms with Crippen LogP contribution in [0.25, 0.3) is 0 Å². The number of imidazole rings is 1. The number of piperidine rings is 1. The summed E-state index contributed by atoms with van der Waals surface area (Å²) in [5, 5.41) is 3.08. The van der Waals surface area contributed by atoms with Crippen LogP contribution in [0.4, 0.5) is 0 Å². The standard InChI is InChI=1S/C23H28N4O2/c1-18-9-12-27(13-10-18)21(19-5-3-2-4-6-19)15-25-23(28)22-8-7-20(29-22)16-26-14-11-24-17-26/h2-8,11,14,17-18,21H,9-10,12-13,15-16H2,1H3,(H,25,28)/t21-/m1/s1. The molecule has 0 aliphatic carbocycles. The number of rotatable bonds is 7. The van der Waals surface area contributed by atoms with E-state index in [0.29, 0.717) is 18.8 Å². The van der Waals surface area contributed by atoms with E-state index in [4.69, 9.17) is 4.42 Å². The average molecular weight is 393 g/mol. The highest BCUT2D eigenvalue weighted by Gasteiger charge is 2.25. The first-order chi connectivity index (χ1) is 14.2. The Hall–Kier alpha value is -2.86. The summed E-state index contributed by atoms with van der Waals surface area (Å²) in [6.45, 7) is 5.56. The monoisotopic (exact) mass is 392 g/mol. The topological polar surface area (TPSA) is 63.3 Å². The molecule has 1 N–H and O–H groups in total. The smallest absolute Gasteiger partial charge is 0.287 e. The number of benzene rings is 1. The Morgan fingerprint density at radius 1 is 1.21 bits per heavy atom. The second-order valence-corrected chi connectivity index (χ2v) is 7.86. The Balaban J connectivity index is 1.40. The van der Waals surface area contributed by atoms with Crippen molar-refractivity contribution in [2.75, 3.05) is 19.6 Å². The molecule has 0 spiro atoms. The van der Waals surface area contributed by atoms with Crippen LogP contribution in [0.2, 0.25) is 0 Å². The van der Waals surface area contributed by atoms with Crippen LogP contribution < -0.4 is 5.32 Å². The summed E-state index contributed by atoms with van der Waals surface area (Å²) in [5.41, 5.74) is 1.24. The largest absolute Gasteiger partial charge is 0.454 e. The summed E-state index contributed by atoms with van der Waals surface area (Å²) in [4.78, 5) is 19.2. The van der Waals surface area contributed by atoms with Crippen molar-refractivity contribution in [1.82, 2.24) is 19.8 Å². The van der Waals surface area contributed by atoms with E-state index in [1.54, 1.807) is 18.6 Å². The molecule has 1 saturated heterocycles. The van der Waals surface area contributed by atoms with E-state index in [9.17, 15) is 4.79 Å². The fourth-order valence-corrected chi connectivity index (χ4v) is 3.89. The van der Waals surface area contributed by atoms with Gasteiger partial charge in [0.05, 0.1) is 18.9 Å². The van der Waals surface area contributed by atoms with Gasteiger partial charge in [0.25, 0.3) is 5.91 Å². The molecule has 1 amide bonds. The Kier molecular flexibility index (Phi) is 6.10. The Labute approximate surface area is 171 Å². The molecule has 1 aliphatic rings. The van der Waals surface area contributed by atoms with Crippen LogP contribution in [0.3, 0.4) is 0 Å². The molecule has 0 unspecified atom stereocenters. The Bertz CT molecular complexity index is 896. The number of aromatic nitrogens is 2. The lowest BCUT2D eigenvalue weighted by atomic mass is 9.95. The average Bonchev–Trinajstić information content (AvgIpc) is 3.43. The van der Waals surface area contributed by atoms with E-state index in [0.717, 1.165) is 24.8 Å². The molecule has 0 radical (unpaired) electrons. The SMILES string of the molecule is CC1CCN([C@H](CNC(=O)c2ccc(Cn3ccnc3)o2)c2ccccc2)CC1. The number of hydrogen-bond donors (Lipinski definition) is 1. The maximum absolute atomic E-state index is 12.7. The van der Waals surface area contributed by atoms with Gasteiger partial charge in [-0.05, 0) is 49.5 Å². The molecule has 3 aromatic rings. The highest BCUT2D eigenvalue weighted by atomic mass is 16.4. The van der Waals surface area contributed by atoms with Gasteiger partial charge in [-0.1, -0.05) is 37.3 Å². The molecule has 1 aromatic carbocycles. The minimum atomic E-state index is -0.173. The minimum Gasteiger partial charge on any atom is -0.454 e. The lowest BCUT2D eigenvalue weighted by molar-refractivity contribution is 0.0884. The third kappa shape index (κ3) is 4.95. The van der Waals surface area contributed by atoms with Crippen molar-refractivity contribution in [1.29, 1.82) is 0 Å². The lowest BCUT2D eigenvalue weighted by Crippen LogP contribution is -2.41. The van der Waals surface area contributed by atoms with Gasteiger partial charge >= 0.3 is 0 Å².